The predicted octanol–water partition coefficient (Wildman–Crippen LogP) is 4.66. The van der Waals surface area contributed by atoms with Gasteiger partial charge >= 0.3 is 5.97 Å². The van der Waals surface area contributed by atoms with Crippen LogP contribution in [0.2, 0.25) is 5.15 Å². The lowest BCUT2D eigenvalue weighted by molar-refractivity contribution is 0.0601. The minimum Gasteiger partial charge on any atom is -0.465 e. The molecular formula is C17H18ClN3O2S2. The minimum absolute atomic E-state index is 0.330. The number of methoxy groups -OCH3 is 1. The highest BCUT2D eigenvalue weighted by molar-refractivity contribution is 7.80. The van der Waals surface area contributed by atoms with Crippen LogP contribution in [-0.2, 0) is 17.6 Å². The summed E-state index contributed by atoms with van der Waals surface area (Å²) < 4.78 is 4.99. The molecule has 0 bridgehead atoms. The Kier molecular flexibility index (Phi) is 5.88. The number of anilines is 2. The van der Waals surface area contributed by atoms with Crippen LogP contribution in [0.5, 0.6) is 0 Å². The molecule has 0 saturated heterocycles. The maximum Gasteiger partial charge on any atom is 0.341 e. The van der Waals surface area contributed by atoms with Gasteiger partial charge in [0.1, 0.15) is 5.00 Å². The molecule has 0 unspecified atom stereocenters. The Morgan fingerprint density at radius 1 is 1.32 bits per heavy atom. The van der Waals surface area contributed by atoms with Gasteiger partial charge in [0, 0.05) is 11.1 Å². The quantitative estimate of drug-likeness (QED) is 0.341. The zero-order chi connectivity index (χ0) is 17.8. The fraction of sp³-hybridized carbons (Fsp3) is 0.353. The van der Waals surface area contributed by atoms with Crippen LogP contribution in [0.15, 0.2) is 18.3 Å². The molecule has 2 heterocycles. The van der Waals surface area contributed by atoms with E-state index < -0.39 is 0 Å². The molecule has 2 N–H and O–H groups in total. The van der Waals surface area contributed by atoms with E-state index in [1.807, 2.05) is 0 Å². The molecule has 0 amide bonds. The molecule has 0 radical (unpaired) electrons. The van der Waals surface area contributed by atoms with E-state index in [1.165, 1.54) is 18.4 Å². The van der Waals surface area contributed by atoms with Crippen molar-refractivity contribution in [3.63, 3.8) is 0 Å². The summed E-state index contributed by atoms with van der Waals surface area (Å²) in [5, 5.41) is 7.56. The lowest BCUT2D eigenvalue weighted by atomic mass is 10.1. The highest BCUT2D eigenvalue weighted by Gasteiger charge is 2.25. The summed E-state index contributed by atoms with van der Waals surface area (Å²) in [5.41, 5.74) is 2.31. The van der Waals surface area contributed by atoms with Crippen LogP contribution in [0, 0.1) is 0 Å². The molecule has 132 valence electrons. The number of carbonyl (C=O) groups excluding carboxylic acids is 1. The van der Waals surface area contributed by atoms with Gasteiger partial charge in [-0.2, -0.15) is 0 Å². The van der Waals surface area contributed by atoms with Crippen molar-refractivity contribution in [2.45, 2.75) is 32.1 Å². The third-order valence-corrected chi connectivity index (χ3v) is 5.76. The minimum atomic E-state index is -0.330. The van der Waals surface area contributed by atoms with Gasteiger partial charge in [-0.25, -0.2) is 9.78 Å². The summed E-state index contributed by atoms with van der Waals surface area (Å²) >= 11 is 13.0. The van der Waals surface area contributed by atoms with Gasteiger partial charge in [0.15, 0.2) is 10.3 Å². The number of ether oxygens (including phenoxy) is 1. The van der Waals surface area contributed by atoms with Crippen LogP contribution in [-0.4, -0.2) is 23.2 Å². The number of nitrogens with zero attached hydrogens (tertiary/aromatic N) is 1. The summed E-state index contributed by atoms with van der Waals surface area (Å²) in [6.07, 6.45) is 6.90. The largest absolute Gasteiger partial charge is 0.465 e. The smallest absolute Gasteiger partial charge is 0.341 e. The summed E-state index contributed by atoms with van der Waals surface area (Å²) in [4.78, 5) is 17.6. The van der Waals surface area contributed by atoms with Crippen molar-refractivity contribution < 1.29 is 9.53 Å². The Balaban J connectivity index is 1.85. The number of pyridine rings is 1. The lowest BCUT2D eigenvalue weighted by Gasteiger charge is -2.11. The molecule has 0 aliphatic heterocycles. The molecule has 1 aliphatic carbocycles. The van der Waals surface area contributed by atoms with Gasteiger partial charge in [0.05, 0.1) is 18.4 Å². The first kappa shape index (κ1) is 18.1. The Morgan fingerprint density at radius 2 is 2.12 bits per heavy atom. The van der Waals surface area contributed by atoms with Crippen LogP contribution in [0.3, 0.4) is 0 Å². The van der Waals surface area contributed by atoms with E-state index >= 15 is 0 Å². The van der Waals surface area contributed by atoms with Crippen molar-refractivity contribution >= 4 is 56.9 Å². The maximum atomic E-state index is 12.3. The average Bonchev–Trinajstić information content (AvgIpc) is 2.77. The van der Waals surface area contributed by atoms with Crippen LogP contribution in [0.4, 0.5) is 10.7 Å². The first-order chi connectivity index (χ1) is 12.1. The third-order valence-electron chi connectivity index (χ3n) is 4.05. The van der Waals surface area contributed by atoms with Crippen LogP contribution >= 0.6 is 35.2 Å². The Hall–Kier alpha value is -1.70. The lowest BCUT2D eigenvalue weighted by Crippen LogP contribution is -2.20. The fourth-order valence-corrected chi connectivity index (χ4v) is 4.61. The molecule has 5 nitrogen and oxygen atoms in total. The number of aryl methyl sites for hydroxylation is 1. The molecule has 0 spiro atoms. The third kappa shape index (κ3) is 4.11. The number of hydrogen-bond acceptors (Lipinski definition) is 5. The molecule has 3 rings (SSSR count). The average molecular weight is 396 g/mol. The van der Waals surface area contributed by atoms with E-state index in [0.29, 0.717) is 21.5 Å². The van der Waals surface area contributed by atoms with Crippen molar-refractivity contribution in [1.29, 1.82) is 0 Å². The number of thiophene rings is 1. The van der Waals surface area contributed by atoms with Gasteiger partial charge in [-0.1, -0.05) is 18.0 Å². The fourth-order valence-electron chi connectivity index (χ4n) is 2.88. The second-order valence-electron chi connectivity index (χ2n) is 5.68. The number of carbonyl (C=O) groups is 1. The van der Waals surface area contributed by atoms with E-state index in [0.717, 1.165) is 36.2 Å². The number of hydrogen-bond donors (Lipinski definition) is 2. The molecule has 0 fully saturated rings. The normalized spacial score (nSPS) is 13.5. The number of halogens is 1. The molecule has 8 heteroatoms. The molecule has 2 aromatic rings. The van der Waals surface area contributed by atoms with E-state index in [9.17, 15) is 4.79 Å². The number of rotatable bonds is 3. The van der Waals surface area contributed by atoms with E-state index in [1.54, 1.807) is 29.7 Å². The van der Waals surface area contributed by atoms with Gasteiger partial charge in [-0.15, -0.1) is 11.3 Å². The van der Waals surface area contributed by atoms with E-state index in [4.69, 9.17) is 28.6 Å². The highest BCUT2D eigenvalue weighted by Crippen LogP contribution is 2.38. The molecular weight excluding hydrogens is 378 g/mol. The molecule has 0 atom stereocenters. The monoisotopic (exact) mass is 395 g/mol. The molecule has 0 aromatic carbocycles. The zero-order valence-electron chi connectivity index (χ0n) is 13.7. The van der Waals surface area contributed by atoms with E-state index in [2.05, 4.69) is 15.6 Å². The van der Waals surface area contributed by atoms with Crippen LogP contribution in [0.1, 0.15) is 40.1 Å². The highest BCUT2D eigenvalue weighted by atomic mass is 35.5. The van der Waals surface area contributed by atoms with Gasteiger partial charge < -0.3 is 15.4 Å². The SMILES string of the molecule is COC(=O)c1c(NC(=S)Nc2cccnc2Cl)sc2c1CCCCC2. The molecule has 1 aliphatic rings. The van der Waals surface area contributed by atoms with Crippen molar-refractivity contribution in [1.82, 2.24) is 4.98 Å². The predicted molar refractivity (Wildman–Crippen MR) is 106 cm³/mol. The number of esters is 1. The van der Waals surface area contributed by atoms with Gasteiger partial charge in [0.25, 0.3) is 0 Å². The number of thiocarbonyl (C=S) groups is 1. The Bertz CT molecular complexity index is 807. The standard InChI is InChI=1S/C17H18ClN3O2S2/c1-23-16(22)13-10-6-3-2-4-8-12(10)25-15(13)21-17(24)20-11-7-5-9-19-14(11)18/h5,7,9H,2-4,6,8H2,1H3,(H2,20,21,24). The van der Waals surface area contributed by atoms with Crippen molar-refractivity contribution in [2.75, 3.05) is 17.7 Å². The Morgan fingerprint density at radius 3 is 2.88 bits per heavy atom. The van der Waals surface area contributed by atoms with Crippen molar-refractivity contribution in [3.8, 4) is 0 Å². The van der Waals surface area contributed by atoms with Gasteiger partial charge in [-0.05, 0) is 55.6 Å². The zero-order valence-corrected chi connectivity index (χ0v) is 16.1. The molecule has 2 aromatic heterocycles. The Labute approximate surface area is 160 Å². The molecule has 0 saturated carbocycles. The molecule has 25 heavy (non-hydrogen) atoms. The summed E-state index contributed by atoms with van der Waals surface area (Å²) in [7, 11) is 1.40. The second-order valence-corrected chi connectivity index (χ2v) is 7.55. The van der Waals surface area contributed by atoms with Gasteiger partial charge in [0.2, 0.25) is 0 Å². The number of fused-ring (bicyclic) bond motifs is 1. The number of nitrogens with one attached hydrogen (secondary N) is 2. The first-order valence-corrected chi connectivity index (χ1v) is 9.61. The summed E-state index contributed by atoms with van der Waals surface area (Å²) in [6.45, 7) is 0. The van der Waals surface area contributed by atoms with Gasteiger partial charge in [-0.3, -0.25) is 0 Å². The van der Waals surface area contributed by atoms with Crippen molar-refractivity contribution in [2.24, 2.45) is 0 Å². The van der Waals surface area contributed by atoms with Crippen molar-refractivity contribution in [3.05, 3.63) is 39.5 Å². The maximum absolute atomic E-state index is 12.3. The topological polar surface area (TPSA) is 63.2 Å². The number of aromatic nitrogens is 1. The van der Waals surface area contributed by atoms with Crippen LogP contribution < -0.4 is 10.6 Å². The van der Waals surface area contributed by atoms with Crippen LogP contribution in [0.25, 0.3) is 0 Å². The van der Waals surface area contributed by atoms with E-state index in [-0.39, 0.29) is 5.97 Å². The summed E-state index contributed by atoms with van der Waals surface area (Å²) in [6, 6.07) is 3.55. The first-order valence-electron chi connectivity index (χ1n) is 8.01. The summed E-state index contributed by atoms with van der Waals surface area (Å²) in [5.74, 6) is -0.330. The second kappa shape index (κ2) is 8.12.